The predicted octanol–water partition coefficient (Wildman–Crippen LogP) is 0.967. The molecule has 0 aliphatic heterocycles. The van der Waals surface area contributed by atoms with Gasteiger partial charge in [0.15, 0.2) is 5.12 Å². The molecular weight excluding hydrogens is 302 g/mol. The highest BCUT2D eigenvalue weighted by molar-refractivity contribution is 8.13. The maximum atomic E-state index is 11.0. The number of aliphatic hydroxyl groups excluding tert-OH is 2. The van der Waals surface area contributed by atoms with Crippen LogP contribution in [0.4, 0.5) is 5.69 Å². The quantitative estimate of drug-likeness (QED) is 0.521. The summed E-state index contributed by atoms with van der Waals surface area (Å²) in [7, 11) is 0. The second-order valence-corrected chi connectivity index (χ2v) is 5.35. The third-order valence-corrected chi connectivity index (χ3v) is 3.53. The summed E-state index contributed by atoms with van der Waals surface area (Å²) in [5, 5.41) is 39.0. The molecule has 2 unspecified atom stereocenters. The standard InChI is InChI=1S/C12H13NO7S/c1-6(14)21-5-10(15)11(16)7-2-3-9(13(19)20)8(4-7)12(17)18/h2-4,10-11,15-16H,5H2,1H3,(H,17,18). The lowest BCUT2D eigenvalue weighted by Crippen LogP contribution is -2.21. The van der Waals surface area contributed by atoms with Crippen LogP contribution in [0.3, 0.4) is 0 Å². The van der Waals surface area contributed by atoms with E-state index in [9.17, 15) is 29.9 Å². The Hall–Kier alpha value is -1.97. The van der Waals surface area contributed by atoms with Gasteiger partial charge < -0.3 is 15.3 Å². The van der Waals surface area contributed by atoms with Gasteiger partial charge in [-0.3, -0.25) is 14.9 Å². The summed E-state index contributed by atoms with van der Waals surface area (Å²) in [6.45, 7) is 1.30. The first-order valence-electron chi connectivity index (χ1n) is 5.75. The van der Waals surface area contributed by atoms with Crippen molar-refractivity contribution in [1.29, 1.82) is 0 Å². The number of nitro benzene ring substituents is 1. The maximum absolute atomic E-state index is 11.0. The van der Waals surface area contributed by atoms with Crippen LogP contribution in [-0.2, 0) is 4.79 Å². The Morgan fingerprint density at radius 3 is 2.48 bits per heavy atom. The van der Waals surface area contributed by atoms with Crippen molar-refractivity contribution in [2.24, 2.45) is 0 Å². The number of hydrogen-bond acceptors (Lipinski definition) is 7. The molecule has 21 heavy (non-hydrogen) atoms. The molecule has 0 aliphatic rings. The SMILES string of the molecule is CC(=O)SCC(O)C(O)c1ccc([N+](=O)[O-])c(C(=O)O)c1. The molecule has 0 spiro atoms. The first-order valence-corrected chi connectivity index (χ1v) is 6.73. The van der Waals surface area contributed by atoms with Crippen molar-refractivity contribution in [1.82, 2.24) is 0 Å². The van der Waals surface area contributed by atoms with Crippen molar-refractivity contribution in [2.45, 2.75) is 19.1 Å². The summed E-state index contributed by atoms with van der Waals surface area (Å²) in [5.74, 6) is -1.58. The molecule has 0 saturated carbocycles. The lowest BCUT2D eigenvalue weighted by Gasteiger charge is -2.17. The molecule has 0 aliphatic carbocycles. The van der Waals surface area contributed by atoms with E-state index in [1.807, 2.05) is 0 Å². The van der Waals surface area contributed by atoms with E-state index in [-0.39, 0.29) is 16.4 Å². The Bertz CT molecular complexity index is 575. The smallest absolute Gasteiger partial charge is 0.342 e. The monoisotopic (exact) mass is 315 g/mol. The number of aromatic carboxylic acids is 1. The van der Waals surface area contributed by atoms with Gasteiger partial charge >= 0.3 is 5.97 Å². The molecule has 0 saturated heterocycles. The third-order valence-electron chi connectivity index (χ3n) is 2.61. The second-order valence-electron chi connectivity index (χ2n) is 4.15. The van der Waals surface area contributed by atoms with Gasteiger partial charge in [0.25, 0.3) is 5.69 Å². The molecule has 0 bridgehead atoms. The van der Waals surface area contributed by atoms with Crippen molar-refractivity contribution in [3.63, 3.8) is 0 Å². The summed E-state index contributed by atoms with van der Waals surface area (Å²) in [6.07, 6.45) is -2.75. The molecule has 0 fully saturated rings. The summed E-state index contributed by atoms with van der Waals surface area (Å²) in [5.41, 5.74) is -1.16. The van der Waals surface area contributed by atoms with Crippen LogP contribution in [0.15, 0.2) is 18.2 Å². The van der Waals surface area contributed by atoms with Gasteiger partial charge in [-0.1, -0.05) is 11.8 Å². The summed E-state index contributed by atoms with van der Waals surface area (Å²) in [6, 6.07) is 3.05. The molecule has 8 nitrogen and oxygen atoms in total. The topological polar surface area (TPSA) is 138 Å². The number of carbonyl (C=O) groups is 2. The molecule has 3 N–H and O–H groups in total. The highest BCUT2D eigenvalue weighted by Crippen LogP contribution is 2.26. The van der Waals surface area contributed by atoms with Gasteiger partial charge in [0.05, 0.1) is 11.0 Å². The van der Waals surface area contributed by atoms with Gasteiger partial charge in [-0.2, -0.15) is 0 Å². The van der Waals surface area contributed by atoms with Gasteiger partial charge in [0, 0.05) is 18.7 Å². The zero-order chi connectivity index (χ0) is 16.2. The molecule has 1 rings (SSSR count). The number of hydrogen-bond donors (Lipinski definition) is 3. The number of rotatable bonds is 6. The van der Waals surface area contributed by atoms with Gasteiger partial charge in [-0.25, -0.2) is 4.79 Å². The van der Waals surface area contributed by atoms with E-state index in [1.54, 1.807) is 0 Å². The molecule has 9 heteroatoms. The van der Waals surface area contributed by atoms with E-state index in [2.05, 4.69) is 0 Å². The lowest BCUT2D eigenvalue weighted by atomic mass is 10.0. The minimum absolute atomic E-state index is 0.0228. The van der Waals surface area contributed by atoms with Crippen molar-refractivity contribution in [3.05, 3.63) is 39.4 Å². The average molecular weight is 315 g/mol. The van der Waals surface area contributed by atoms with Crippen LogP contribution in [0.2, 0.25) is 0 Å². The zero-order valence-electron chi connectivity index (χ0n) is 10.9. The molecule has 0 aromatic heterocycles. The Kier molecular flexibility index (Phi) is 5.82. The Balaban J connectivity index is 3.03. The van der Waals surface area contributed by atoms with Gasteiger partial charge in [0.2, 0.25) is 0 Å². The molecular formula is C12H13NO7S. The highest BCUT2D eigenvalue weighted by Gasteiger charge is 2.25. The largest absolute Gasteiger partial charge is 0.477 e. The predicted molar refractivity (Wildman–Crippen MR) is 74.2 cm³/mol. The number of thioether (sulfide) groups is 1. The zero-order valence-corrected chi connectivity index (χ0v) is 11.7. The Morgan fingerprint density at radius 2 is 2.00 bits per heavy atom. The van der Waals surface area contributed by atoms with Crippen LogP contribution < -0.4 is 0 Å². The maximum Gasteiger partial charge on any atom is 0.342 e. The number of benzene rings is 1. The lowest BCUT2D eigenvalue weighted by molar-refractivity contribution is -0.385. The van der Waals surface area contributed by atoms with E-state index in [0.29, 0.717) is 0 Å². The number of carbonyl (C=O) groups excluding carboxylic acids is 1. The van der Waals surface area contributed by atoms with Crippen LogP contribution >= 0.6 is 11.8 Å². The summed E-state index contributed by atoms with van der Waals surface area (Å²) >= 11 is 0.807. The minimum atomic E-state index is -1.51. The van der Waals surface area contributed by atoms with Crippen LogP contribution in [0.25, 0.3) is 0 Å². The fourth-order valence-corrected chi connectivity index (χ4v) is 2.17. The first-order chi connectivity index (χ1) is 9.73. The molecule has 2 atom stereocenters. The summed E-state index contributed by atoms with van der Waals surface area (Å²) < 4.78 is 0. The number of carboxylic acids is 1. The second kappa shape index (κ2) is 7.16. The number of nitro groups is 1. The molecule has 1 aromatic carbocycles. The van der Waals surface area contributed by atoms with Crippen molar-refractivity contribution in [2.75, 3.05) is 5.75 Å². The first kappa shape index (κ1) is 17.1. The average Bonchev–Trinajstić information content (AvgIpc) is 2.42. The Morgan fingerprint density at radius 1 is 1.38 bits per heavy atom. The third kappa shape index (κ3) is 4.52. The van der Waals surface area contributed by atoms with Gasteiger partial charge in [0.1, 0.15) is 11.7 Å². The van der Waals surface area contributed by atoms with Crippen LogP contribution in [0.5, 0.6) is 0 Å². The van der Waals surface area contributed by atoms with Crippen molar-refractivity contribution < 1.29 is 29.8 Å². The normalized spacial score (nSPS) is 13.5. The molecule has 0 amide bonds. The van der Waals surface area contributed by atoms with E-state index in [0.717, 1.165) is 30.0 Å². The van der Waals surface area contributed by atoms with Crippen LogP contribution in [-0.4, -0.2) is 43.2 Å². The van der Waals surface area contributed by atoms with Crippen molar-refractivity contribution in [3.8, 4) is 0 Å². The fraction of sp³-hybridized carbons (Fsp3) is 0.333. The highest BCUT2D eigenvalue weighted by atomic mass is 32.2. The molecule has 0 radical (unpaired) electrons. The van der Waals surface area contributed by atoms with Gasteiger partial charge in [-0.05, 0) is 17.7 Å². The molecule has 0 heterocycles. The Labute approximate surface area is 123 Å². The number of nitrogens with zero attached hydrogens (tertiary/aromatic N) is 1. The molecule has 1 aromatic rings. The van der Waals surface area contributed by atoms with Gasteiger partial charge in [-0.15, -0.1) is 0 Å². The van der Waals surface area contributed by atoms with Crippen molar-refractivity contribution >= 4 is 28.5 Å². The number of carboxylic acid groups (broad SMARTS) is 1. The summed E-state index contributed by atoms with van der Waals surface area (Å²) in [4.78, 5) is 31.6. The minimum Gasteiger partial charge on any atom is -0.477 e. The van der Waals surface area contributed by atoms with Crippen LogP contribution in [0, 0.1) is 10.1 Å². The number of aliphatic hydroxyl groups is 2. The van der Waals surface area contributed by atoms with E-state index in [1.165, 1.54) is 6.92 Å². The van der Waals surface area contributed by atoms with E-state index in [4.69, 9.17) is 5.11 Å². The van der Waals surface area contributed by atoms with E-state index < -0.39 is 34.4 Å². The molecule has 114 valence electrons. The van der Waals surface area contributed by atoms with Crippen LogP contribution in [0.1, 0.15) is 28.9 Å². The van der Waals surface area contributed by atoms with E-state index >= 15 is 0 Å². The fourth-order valence-electron chi connectivity index (χ4n) is 1.58.